The van der Waals surface area contributed by atoms with E-state index in [9.17, 15) is 18.7 Å². The van der Waals surface area contributed by atoms with E-state index in [-0.39, 0.29) is 18.9 Å². The van der Waals surface area contributed by atoms with Crippen molar-refractivity contribution in [1.82, 2.24) is 10.6 Å². The Hall–Kier alpha value is -3.13. The molecule has 0 radical (unpaired) electrons. The number of halogens is 2. The average Bonchev–Trinajstić information content (AvgIpc) is 3.22. The van der Waals surface area contributed by atoms with E-state index < -0.39 is 23.8 Å². The van der Waals surface area contributed by atoms with Crippen molar-refractivity contribution in [2.24, 2.45) is 0 Å². The zero-order valence-electron chi connectivity index (χ0n) is 18.7. The molecule has 0 aliphatic carbocycles. The second-order valence-corrected chi connectivity index (χ2v) is 9.48. The standard InChI is InChI=1S/C27H26F2N2O2S/c1-17-5-4-6-18(9-17)15-30-16-24(32)23(12-19-10-21(28)14-22(29)11-19)31-27(33)26-13-20-7-2-3-8-25(20)34-26/h2-11,13-14,23-24,30,32H,12,15-16H2,1H3,(H,31,33)/t23-,24+/m0/s1. The molecule has 3 aromatic carbocycles. The molecule has 2 atom stereocenters. The maximum absolute atomic E-state index is 13.7. The van der Waals surface area contributed by atoms with Gasteiger partial charge >= 0.3 is 0 Å². The van der Waals surface area contributed by atoms with Gasteiger partial charge in [0, 0.05) is 23.9 Å². The zero-order chi connectivity index (χ0) is 24.1. The van der Waals surface area contributed by atoms with E-state index in [1.54, 1.807) is 6.07 Å². The summed E-state index contributed by atoms with van der Waals surface area (Å²) in [7, 11) is 0. The van der Waals surface area contributed by atoms with Crippen molar-refractivity contribution in [3.8, 4) is 0 Å². The van der Waals surface area contributed by atoms with Crippen molar-refractivity contribution in [3.05, 3.63) is 106 Å². The van der Waals surface area contributed by atoms with Crippen LogP contribution in [0.25, 0.3) is 10.1 Å². The lowest BCUT2D eigenvalue weighted by atomic mass is 10.0. The van der Waals surface area contributed by atoms with Gasteiger partial charge in [-0.3, -0.25) is 4.79 Å². The van der Waals surface area contributed by atoms with Crippen LogP contribution >= 0.6 is 11.3 Å². The Morgan fingerprint density at radius 1 is 0.971 bits per heavy atom. The molecule has 4 aromatic rings. The lowest BCUT2D eigenvalue weighted by Crippen LogP contribution is -2.48. The normalized spacial score (nSPS) is 13.1. The summed E-state index contributed by atoms with van der Waals surface area (Å²) in [6, 6.07) is 20.0. The molecule has 0 aliphatic heterocycles. The number of thiophene rings is 1. The topological polar surface area (TPSA) is 61.4 Å². The van der Waals surface area contributed by atoms with E-state index in [1.165, 1.54) is 23.5 Å². The molecule has 34 heavy (non-hydrogen) atoms. The Bertz CT molecular complexity index is 1240. The number of aryl methyl sites for hydroxylation is 1. The van der Waals surface area contributed by atoms with Crippen molar-refractivity contribution in [2.45, 2.75) is 32.0 Å². The maximum atomic E-state index is 13.7. The fraction of sp³-hybridized carbons (Fsp3) is 0.222. The van der Waals surface area contributed by atoms with Crippen LogP contribution in [0.5, 0.6) is 0 Å². The maximum Gasteiger partial charge on any atom is 0.261 e. The molecule has 0 fully saturated rings. The first kappa shape index (κ1) is 24.0. The molecule has 0 saturated carbocycles. The first-order valence-electron chi connectivity index (χ1n) is 11.1. The third kappa shape index (κ3) is 6.26. The summed E-state index contributed by atoms with van der Waals surface area (Å²) in [5.41, 5.74) is 2.57. The molecule has 7 heteroatoms. The second kappa shape index (κ2) is 10.9. The van der Waals surface area contributed by atoms with Gasteiger partial charge in [0.05, 0.1) is 17.0 Å². The number of rotatable bonds is 9. The Labute approximate surface area is 201 Å². The fourth-order valence-electron chi connectivity index (χ4n) is 3.93. The fourth-order valence-corrected chi connectivity index (χ4v) is 4.89. The van der Waals surface area contributed by atoms with E-state index in [0.29, 0.717) is 17.0 Å². The summed E-state index contributed by atoms with van der Waals surface area (Å²) in [5.74, 6) is -1.73. The van der Waals surface area contributed by atoms with Gasteiger partial charge in [0.1, 0.15) is 11.6 Å². The molecule has 1 heterocycles. The molecule has 0 saturated heterocycles. The summed E-state index contributed by atoms with van der Waals surface area (Å²) >= 11 is 1.36. The SMILES string of the molecule is Cc1cccc(CNC[C@@H](O)[C@H](Cc2cc(F)cc(F)c2)NC(=O)c2cc3ccccc3s2)c1. The molecule has 0 aliphatic rings. The van der Waals surface area contributed by atoms with Gasteiger partial charge < -0.3 is 15.7 Å². The van der Waals surface area contributed by atoms with Gasteiger partial charge in [-0.2, -0.15) is 0 Å². The highest BCUT2D eigenvalue weighted by Gasteiger charge is 2.24. The lowest BCUT2D eigenvalue weighted by molar-refractivity contribution is 0.0833. The van der Waals surface area contributed by atoms with Gasteiger partial charge in [0.25, 0.3) is 5.91 Å². The molecule has 0 unspecified atom stereocenters. The molecule has 0 bridgehead atoms. The molecular formula is C27H26F2N2O2S. The van der Waals surface area contributed by atoms with Crippen LogP contribution in [0, 0.1) is 18.6 Å². The van der Waals surface area contributed by atoms with Gasteiger partial charge in [-0.1, -0.05) is 48.0 Å². The monoisotopic (exact) mass is 480 g/mol. The number of hydrogen-bond acceptors (Lipinski definition) is 4. The van der Waals surface area contributed by atoms with E-state index in [2.05, 4.69) is 16.7 Å². The second-order valence-electron chi connectivity index (χ2n) is 8.40. The van der Waals surface area contributed by atoms with Crippen molar-refractivity contribution >= 4 is 27.3 Å². The van der Waals surface area contributed by atoms with E-state index in [4.69, 9.17) is 0 Å². The zero-order valence-corrected chi connectivity index (χ0v) is 19.5. The molecule has 0 spiro atoms. The predicted octanol–water partition coefficient (Wildman–Crippen LogP) is 4.98. The lowest BCUT2D eigenvalue weighted by Gasteiger charge is -2.25. The third-order valence-corrected chi connectivity index (χ3v) is 6.69. The van der Waals surface area contributed by atoms with Crippen LogP contribution in [-0.4, -0.2) is 29.7 Å². The van der Waals surface area contributed by atoms with Crippen LogP contribution in [0.2, 0.25) is 0 Å². The minimum Gasteiger partial charge on any atom is -0.390 e. The number of aliphatic hydroxyl groups excluding tert-OH is 1. The van der Waals surface area contributed by atoms with Gasteiger partial charge in [-0.05, 0) is 54.1 Å². The molecule has 176 valence electrons. The first-order valence-corrected chi connectivity index (χ1v) is 11.9. The summed E-state index contributed by atoms with van der Waals surface area (Å²) in [6.07, 6.45) is -0.895. The number of amides is 1. The molecule has 3 N–H and O–H groups in total. The van der Waals surface area contributed by atoms with Crippen molar-refractivity contribution in [3.63, 3.8) is 0 Å². The highest BCUT2D eigenvalue weighted by molar-refractivity contribution is 7.20. The quantitative estimate of drug-likeness (QED) is 0.317. The molecule has 4 rings (SSSR count). The smallest absolute Gasteiger partial charge is 0.261 e. The Morgan fingerprint density at radius 3 is 2.47 bits per heavy atom. The summed E-state index contributed by atoms with van der Waals surface area (Å²) in [4.78, 5) is 13.5. The van der Waals surface area contributed by atoms with E-state index >= 15 is 0 Å². The number of hydrogen-bond donors (Lipinski definition) is 3. The van der Waals surface area contributed by atoms with Crippen molar-refractivity contribution < 1.29 is 18.7 Å². The minimum absolute atomic E-state index is 0.0820. The van der Waals surface area contributed by atoms with Crippen LogP contribution in [0.15, 0.2) is 72.8 Å². The van der Waals surface area contributed by atoms with Gasteiger partial charge in [-0.25, -0.2) is 8.78 Å². The first-order chi connectivity index (χ1) is 16.4. The van der Waals surface area contributed by atoms with Gasteiger partial charge in [0.2, 0.25) is 0 Å². The van der Waals surface area contributed by atoms with Crippen molar-refractivity contribution in [1.29, 1.82) is 0 Å². The average molecular weight is 481 g/mol. The summed E-state index contributed by atoms with van der Waals surface area (Å²) in [5, 5.41) is 18.0. The van der Waals surface area contributed by atoms with E-state index in [1.807, 2.05) is 49.4 Å². The van der Waals surface area contributed by atoms with Gasteiger partial charge in [-0.15, -0.1) is 11.3 Å². The predicted molar refractivity (Wildman–Crippen MR) is 132 cm³/mol. The van der Waals surface area contributed by atoms with E-state index in [0.717, 1.165) is 27.3 Å². The number of carbonyl (C=O) groups excluding carboxylic acids is 1. The molecule has 4 nitrogen and oxygen atoms in total. The van der Waals surface area contributed by atoms with Crippen LogP contribution in [0.3, 0.4) is 0 Å². The molecular weight excluding hydrogens is 454 g/mol. The number of aliphatic hydroxyl groups is 1. The summed E-state index contributed by atoms with van der Waals surface area (Å²) in [6.45, 7) is 2.75. The van der Waals surface area contributed by atoms with Crippen LogP contribution in [-0.2, 0) is 13.0 Å². The number of carbonyl (C=O) groups is 1. The molecule has 1 aromatic heterocycles. The number of benzene rings is 3. The van der Waals surface area contributed by atoms with Crippen molar-refractivity contribution in [2.75, 3.05) is 6.54 Å². The Balaban J connectivity index is 1.48. The van der Waals surface area contributed by atoms with Crippen LogP contribution < -0.4 is 10.6 Å². The summed E-state index contributed by atoms with van der Waals surface area (Å²) < 4.78 is 28.5. The van der Waals surface area contributed by atoms with Crippen LogP contribution in [0.4, 0.5) is 8.78 Å². The minimum atomic E-state index is -0.977. The molecule has 1 amide bonds. The number of nitrogens with one attached hydrogen (secondary N) is 2. The highest BCUT2D eigenvalue weighted by Crippen LogP contribution is 2.25. The highest BCUT2D eigenvalue weighted by atomic mass is 32.1. The Morgan fingerprint density at radius 2 is 1.74 bits per heavy atom. The number of fused-ring (bicyclic) bond motifs is 1. The Kier molecular flexibility index (Phi) is 7.67. The van der Waals surface area contributed by atoms with Gasteiger partial charge in [0.15, 0.2) is 0 Å². The largest absolute Gasteiger partial charge is 0.390 e. The third-order valence-electron chi connectivity index (χ3n) is 5.57. The van der Waals surface area contributed by atoms with Crippen LogP contribution in [0.1, 0.15) is 26.4 Å².